The number of aliphatic carboxylic acids is 1. The number of carbonyl (C=O) groups is 1. The maximum Gasteiger partial charge on any atom is 0.328 e. The van der Waals surface area contributed by atoms with Gasteiger partial charge in [0, 0.05) is 32.9 Å². The molecule has 0 amide bonds. The quantitative estimate of drug-likeness (QED) is 0.622. The van der Waals surface area contributed by atoms with Gasteiger partial charge in [0.25, 0.3) is 0 Å². The van der Waals surface area contributed by atoms with Crippen molar-refractivity contribution >= 4 is 5.97 Å². The molecule has 0 unspecified atom stereocenters. The minimum atomic E-state index is -0.891. The molecule has 0 saturated heterocycles. The molecular weight excluding hydrogens is 206 g/mol. The van der Waals surface area contributed by atoms with Gasteiger partial charge in [-0.15, -0.1) is 0 Å². The average molecular weight is 229 g/mol. The van der Waals surface area contributed by atoms with Gasteiger partial charge in [0.15, 0.2) is 0 Å². The van der Waals surface area contributed by atoms with Crippen molar-refractivity contribution in [3.63, 3.8) is 0 Å². The minimum Gasteiger partial charge on any atom is -0.478 e. The van der Waals surface area contributed by atoms with Crippen molar-refractivity contribution in [3.8, 4) is 0 Å². The predicted molar refractivity (Wildman–Crippen MR) is 64.5 cm³/mol. The van der Waals surface area contributed by atoms with Crippen LogP contribution in [0.25, 0.3) is 0 Å². The van der Waals surface area contributed by atoms with E-state index in [1.54, 1.807) is 7.11 Å². The predicted octanol–water partition coefficient (Wildman–Crippen LogP) is 1.67. The molecule has 0 aliphatic carbocycles. The fourth-order valence-electron chi connectivity index (χ4n) is 1.33. The summed E-state index contributed by atoms with van der Waals surface area (Å²) in [5, 5.41) is 11.8. The lowest BCUT2D eigenvalue weighted by Crippen LogP contribution is -2.31. The molecule has 0 aromatic rings. The van der Waals surface area contributed by atoms with Gasteiger partial charge in [-0.1, -0.05) is 19.4 Å². The number of carboxylic acid groups (broad SMARTS) is 1. The molecule has 0 aromatic carbocycles. The van der Waals surface area contributed by atoms with E-state index in [-0.39, 0.29) is 5.41 Å². The monoisotopic (exact) mass is 229 g/mol. The van der Waals surface area contributed by atoms with Crippen LogP contribution >= 0.6 is 0 Å². The summed E-state index contributed by atoms with van der Waals surface area (Å²) in [7, 11) is 1.70. The lowest BCUT2D eigenvalue weighted by atomic mass is 9.89. The molecule has 0 fully saturated rings. The summed E-state index contributed by atoms with van der Waals surface area (Å²) >= 11 is 0. The number of hydrogen-bond donors (Lipinski definition) is 2. The van der Waals surface area contributed by atoms with Crippen molar-refractivity contribution in [1.82, 2.24) is 5.32 Å². The van der Waals surface area contributed by atoms with Crippen molar-refractivity contribution in [3.05, 3.63) is 11.6 Å². The van der Waals surface area contributed by atoms with Crippen molar-refractivity contribution < 1.29 is 14.6 Å². The van der Waals surface area contributed by atoms with Gasteiger partial charge in [-0.05, 0) is 18.8 Å². The smallest absolute Gasteiger partial charge is 0.328 e. The van der Waals surface area contributed by atoms with Crippen molar-refractivity contribution in [2.24, 2.45) is 5.41 Å². The Morgan fingerprint density at radius 3 is 2.62 bits per heavy atom. The second-order valence-electron chi connectivity index (χ2n) is 4.84. The van der Waals surface area contributed by atoms with E-state index < -0.39 is 5.97 Å². The van der Waals surface area contributed by atoms with Crippen LogP contribution in [0.2, 0.25) is 0 Å². The summed E-state index contributed by atoms with van der Waals surface area (Å²) < 4.78 is 5.04. The van der Waals surface area contributed by atoms with E-state index in [1.165, 1.54) is 6.08 Å². The van der Waals surface area contributed by atoms with E-state index in [2.05, 4.69) is 19.2 Å². The summed E-state index contributed by atoms with van der Waals surface area (Å²) in [4.78, 5) is 10.4. The number of nitrogens with one attached hydrogen (secondary N) is 1. The highest BCUT2D eigenvalue weighted by atomic mass is 16.5. The first-order valence-electron chi connectivity index (χ1n) is 5.47. The molecule has 0 heterocycles. The summed E-state index contributed by atoms with van der Waals surface area (Å²) in [6.07, 6.45) is 2.22. The minimum absolute atomic E-state index is 0.166. The molecule has 0 aliphatic heterocycles. The van der Waals surface area contributed by atoms with Gasteiger partial charge in [0.05, 0.1) is 0 Å². The normalized spacial score (nSPS) is 12.9. The van der Waals surface area contributed by atoms with Crippen LogP contribution in [0.1, 0.15) is 27.2 Å². The third-order valence-corrected chi connectivity index (χ3v) is 2.36. The van der Waals surface area contributed by atoms with Crippen LogP contribution in [0.3, 0.4) is 0 Å². The molecule has 0 atom stereocenters. The van der Waals surface area contributed by atoms with E-state index in [0.29, 0.717) is 6.54 Å². The molecule has 0 rings (SSSR count). The van der Waals surface area contributed by atoms with E-state index >= 15 is 0 Å². The van der Waals surface area contributed by atoms with Crippen LogP contribution in [0.4, 0.5) is 0 Å². The van der Waals surface area contributed by atoms with Gasteiger partial charge in [-0.3, -0.25) is 0 Å². The van der Waals surface area contributed by atoms with Crippen molar-refractivity contribution in [2.45, 2.75) is 27.2 Å². The van der Waals surface area contributed by atoms with E-state index in [4.69, 9.17) is 9.84 Å². The third kappa shape index (κ3) is 8.44. The molecule has 0 aliphatic rings. The Hall–Kier alpha value is -0.870. The second-order valence-corrected chi connectivity index (χ2v) is 4.84. The van der Waals surface area contributed by atoms with E-state index in [0.717, 1.165) is 25.1 Å². The Morgan fingerprint density at radius 1 is 1.50 bits per heavy atom. The maximum absolute atomic E-state index is 10.4. The van der Waals surface area contributed by atoms with Gasteiger partial charge >= 0.3 is 5.97 Å². The molecule has 2 N–H and O–H groups in total. The third-order valence-electron chi connectivity index (χ3n) is 2.36. The highest BCUT2D eigenvalue weighted by Gasteiger charge is 2.16. The molecule has 0 saturated carbocycles. The first kappa shape index (κ1) is 15.1. The maximum atomic E-state index is 10.4. The summed E-state index contributed by atoms with van der Waals surface area (Å²) in [5.41, 5.74) is 0.995. The van der Waals surface area contributed by atoms with Crippen LogP contribution in [0.5, 0.6) is 0 Å². The molecule has 0 aromatic heterocycles. The van der Waals surface area contributed by atoms with Gasteiger partial charge in [-0.25, -0.2) is 4.79 Å². The molecule has 0 radical (unpaired) electrons. The Kier molecular flexibility index (Phi) is 7.01. The van der Waals surface area contributed by atoms with Crippen LogP contribution in [-0.2, 0) is 9.53 Å². The highest BCUT2D eigenvalue weighted by molar-refractivity contribution is 5.80. The van der Waals surface area contributed by atoms with Crippen molar-refractivity contribution in [2.75, 3.05) is 26.8 Å². The standard InChI is InChI=1S/C12H23NO3/c1-10(7-11(14)15)8-13-9-12(2,3)5-6-16-4/h7,13H,5-6,8-9H2,1-4H3,(H,14,15). The van der Waals surface area contributed by atoms with Gasteiger partial charge in [0.2, 0.25) is 0 Å². The van der Waals surface area contributed by atoms with E-state index in [9.17, 15) is 4.79 Å². The first-order valence-corrected chi connectivity index (χ1v) is 5.47. The zero-order chi connectivity index (χ0) is 12.6. The topological polar surface area (TPSA) is 58.6 Å². The second kappa shape index (κ2) is 7.41. The van der Waals surface area contributed by atoms with Gasteiger partial charge in [-0.2, -0.15) is 0 Å². The summed E-state index contributed by atoms with van der Waals surface area (Å²) in [6, 6.07) is 0. The molecule has 4 nitrogen and oxygen atoms in total. The summed E-state index contributed by atoms with van der Waals surface area (Å²) in [5.74, 6) is -0.891. The zero-order valence-corrected chi connectivity index (χ0v) is 10.7. The Bertz CT molecular complexity index is 247. The average Bonchev–Trinajstić information content (AvgIpc) is 2.13. The molecular formula is C12H23NO3. The lowest BCUT2D eigenvalue weighted by molar-refractivity contribution is -0.131. The highest BCUT2D eigenvalue weighted by Crippen LogP contribution is 2.18. The number of rotatable bonds is 8. The Morgan fingerprint density at radius 2 is 2.12 bits per heavy atom. The molecule has 16 heavy (non-hydrogen) atoms. The summed E-state index contributed by atoms with van der Waals surface area (Å²) in [6.45, 7) is 8.34. The van der Waals surface area contributed by atoms with Crippen LogP contribution < -0.4 is 5.32 Å². The SMILES string of the molecule is COCCC(C)(C)CNCC(C)=CC(=O)O. The van der Waals surface area contributed by atoms with Crippen LogP contribution in [-0.4, -0.2) is 37.9 Å². The Labute approximate surface area is 97.7 Å². The molecule has 0 bridgehead atoms. The number of methoxy groups -OCH3 is 1. The van der Waals surface area contributed by atoms with Crippen molar-refractivity contribution in [1.29, 1.82) is 0 Å². The zero-order valence-electron chi connectivity index (χ0n) is 10.7. The molecule has 4 heteroatoms. The van der Waals surface area contributed by atoms with Gasteiger partial charge in [0.1, 0.15) is 0 Å². The van der Waals surface area contributed by atoms with Crippen LogP contribution in [0, 0.1) is 5.41 Å². The number of carboxylic acids is 1. The first-order chi connectivity index (χ1) is 7.37. The van der Waals surface area contributed by atoms with Crippen LogP contribution in [0.15, 0.2) is 11.6 Å². The number of ether oxygens (including phenoxy) is 1. The molecule has 0 spiro atoms. The fourth-order valence-corrected chi connectivity index (χ4v) is 1.33. The van der Waals surface area contributed by atoms with E-state index in [1.807, 2.05) is 6.92 Å². The fraction of sp³-hybridized carbons (Fsp3) is 0.750. The van der Waals surface area contributed by atoms with Gasteiger partial charge < -0.3 is 15.2 Å². The lowest BCUT2D eigenvalue weighted by Gasteiger charge is -2.24. The number of hydrogen-bond acceptors (Lipinski definition) is 3. The largest absolute Gasteiger partial charge is 0.478 e. The molecule has 94 valence electrons. The Balaban J connectivity index is 3.84.